The van der Waals surface area contributed by atoms with E-state index in [1.807, 2.05) is 72.8 Å². The van der Waals surface area contributed by atoms with Gasteiger partial charge in [-0.05, 0) is 86.1 Å². The highest BCUT2D eigenvalue weighted by Gasteiger charge is 2.12. The number of aromatic nitrogens is 1. The summed E-state index contributed by atoms with van der Waals surface area (Å²) in [5, 5.41) is 4.10. The minimum atomic E-state index is -0.467. The first kappa shape index (κ1) is 27.0. The molecule has 0 aliphatic carbocycles. The fourth-order valence-corrected chi connectivity index (χ4v) is 4.58. The van der Waals surface area contributed by atoms with Crippen LogP contribution in [0.2, 0.25) is 0 Å². The number of aryl methyl sites for hydroxylation is 2. The van der Waals surface area contributed by atoms with Gasteiger partial charge in [-0.1, -0.05) is 46.3 Å². The SMILES string of the molecule is Cc1ccc(C)n1-c1ccc(OCc2ccc(C(=O)N/N=C/c3cc(Br)ccc3OCc3ccccc3)o2)cc1. The number of carbonyl (C=O) groups excluding carboxylic acids is 1. The van der Waals surface area contributed by atoms with Crippen LogP contribution < -0.4 is 14.9 Å². The number of hydrazone groups is 1. The number of hydrogen-bond donors (Lipinski definition) is 1. The number of amides is 1. The van der Waals surface area contributed by atoms with E-state index in [0.29, 0.717) is 29.4 Å². The molecule has 0 bridgehead atoms. The van der Waals surface area contributed by atoms with Gasteiger partial charge in [0.05, 0.1) is 6.21 Å². The van der Waals surface area contributed by atoms with E-state index >= 15 is 0 Å². The predicted octanol–water partition coefficient (Wildman–Crippen LogP) is 7.37. The molecule has 2 aromatic heterocycles. The van der Waals surface area contributed by atoms with Crippen molar-refractivity contribution in [2.45, 2.75) is 27.1 Å². The molecule has 40 heavy (non-hydrogen) atoms. The minimum absolute atomic E-state index is 0.138. The summed E-state index contributed by atoms with van der Waals surface area (Å²) in [6.45, 7) is 4.76. The molecule has 0 spiro atoms. The lowest BCUT2D eigenvalue weighted by atomic mass is 10.2. The molecule has 2 heterocycles. The average Bonchev–Trinajstić information content (AvgIpc) is 3.58. The number of rotatable bonds is 10. The molecule has 0 saturated heterocycles. The topological polar surface area (TPSA) is 78.0 Å². The van der Waals surface area contributed by atoms with Crippen LogP contribution in [0.4, 0.5) is 0 Å². The standard InChI is InChI=1S/C32H28BrN3O4/c1-22-8-9-23(2)36(22)27-11-13-28(14-12-27)38-21-29-15-17-31(40-29)32(37)35-34-19-25-18-26(33)10-16-30(25)39-20-24-6-4-3-5-7-24/h3-19H,20-21H2,1-2H3,(H,35,37)/b34-19+. The van der Waals surface area contributed by atoms with Crippen molar-refractivity contribution >= 4 is 28.1 Å². The van der Waals surface area contributed by atoms with E-state index in [2.05, 4.69) is 57.0 Å². The fraction of sp³-hybridized carbons (Fsp3) is 0.125. The van der Waals surface area contributed by atoms with E-state index in [1.54, 1.807) is 12.1 Å². The Labute approximate surface area is 241 Å². The van der Waals surface area contributed by atoms with Gasteiger partial charge in [0.2, 0.25) is 0 Å². The maximum absolute atomic E-state index is 12.6. The van der Waals surface area contributed by atoms with Crippen LogP contribution in [0.3, 0.4) is 0 Å². The average molecular weight is 598 g/mol. The summed E-state index contributed by atoms with van der Waals surface area (Å²) in [5.74, 6) is 1.55. The first-order chi connectivity index (χ1) is 19.5. The van der Waals surface area contributed by atoms with Crippen molar-refractivity contribution in [1.29, 1.82) is 0 Å². The molecule has 0 fully saturated rings. The van der Waals surface area contributed by atoms with E-state index < -0.39 is 5.91 Å². The Hall–Kier alpha value is -4.56. The summed E-state index contributed by atoms with van der Waals surface area (Å²) < 4.78 is 20.5. The van der Waals surface area contributed by atoms with E-state index in [1.165, 1.54) is 17.6 Å². The number of nitrogens with one attached hydrogen (secondary N) is 1. The summed E-state index contributed by atoms with van der Waals surface area (Å²) >= 11 is 3.47. The number of furan rings is 1. The van der Waals surface area contributed by atoms with Crippen LogP contribution in [0.15, 0.2) is 111 Å². The normalized spacial score (nSPS) is 11.1. The first-order valence-corrected chi connectivity index (χ1v) is 13.5. The van der Waals surface area contributed by atoms with E-state index in [4.69, 9.17) is 13.9 Å². The summed E-state index contributed by atoms with van der Waals surface area (Å²) in [6, 6.07) is 30.8. The summed E-state index contributed by atoms with van der Waals surface area (Å²) in [5.41, 5.74) is 7.69. The van der Waals surface area contributed by atoms with Gasteiger partial charge in [0, 0.05) is 27.1 Å². The smallest absolute Gasteiger partial charge is 0.307 e. The Kier molecular flexibility index (Phi) is 8.47. The molecular formula is C32H28BrN3O4. The lowest BCUT2D eigenvalue weighted by Crippen LogP contribution is -2.16. The zero-order valence-corrected chi connectivity index (χ0v) is 23.7. The van der Waals surface area contributed by atoms with Crippen LogP contribution in [-0.4, -0.2) is 16.7 Å². The summed E-state index contributed by atoms with van der Waals surface area (Å²) in [7, 11) is 0. The third-order valence-corrected chi connectivity index (χ3v) is 6.70. The number of halogens is 1. The summed E-state index contributed by atoms with van der Waals surface area (Å²) in [6.07, 6.45) is 1.54. The number of nitrogens with zero attached hydrogens (tertiary/aromatic N) is 2. The second-order valence-corrected chi connectivity index (χ2v) is 10.1. The van der Waals surface area contributed by atoms with Gasteiger partial charge in [-0.25, -0.2) is 5.43 Å². The highest BCUT2D eigenvalue weighted by atomic mass is 79.9. The molecule has 1 N–H and O–H groups in total. The maximum Gasteiger partial charge on any atom is 0.307 e. The van der Waals surface area contributed by atoms with Crippen LogP contribution in [0.5, 0.6) is 11.5 Å². The van der Waals surface area contributed by atoms with Gasteiger partial charge < -0.3 is 18.5 Å². The maximum atomic E-state index is 12.6. The Morgan fingerprint density at radius 3 is 2.40 bits per heavy atom. The first-order valence-electron chi connectivity index (χ1n) is 12.7. The van der Waals surface area contributed by atoms with Gasteiger partial charge in [-0.15, -0.1) is 0 Å². The highest BCUT2D eigenvalue weighted by molar-refractivity contribution is 9.10. The van der Waals surface area contributed by atoms with Crippen molar-refractivity contribution in [1.82, 2.24) is 9.99 Å². The number of benzene rings is 3. The predicted molar refractivity (Wildman–Crippen MR) is 158 cm³/mol. The van der Waals surface area contributed by atoms with Crippen LogP contribution >= 0.6 is 15.9 Å². The Balaban J connectivity index is 1.15. The fourth-order valence-electron chi connectivity index (χ4n) is 4.20. The highest BCUT2D eigenvalue weighted by Crippen LogP contribution is 2.23. The molecule has 3 aromatic carbocycles. The van der Waals surface area contributed by atoms with Crippen LogP contribution in [0, 0.1) is 13.8 Å². The molecule has 0 unspecified atom stereocenters. The molecule has 5 aromatic rings. The minimum Gasteiger partial charge on any atom is -0.488 e. The van der Waals surface area contributed by atoms with Gasteiger partial charge in [0.1, 0.15) is 30.5 Å². The molecule has 0 saturated carbocycles. The molecule has 0 atom stereocenters. The van der Waals surface area contributed by atoms with Crippen molar-refractivity contribution in [3.8, 4) is 17.2 Å². The third-order valence-electron chi connectivity index (χ3n) is 6.21. The summed E-state index contributed by atoms with van der Waals surface area (Å²) in [4.78, 5) is 12.6. The van der Waals surface area contributed by atoms with Crippen LogP contribution in [0.1, 0.15) is 38.8 Å². The molecule has 0 aliphatic heterocycles. The lowest BCUT2D eigenvalue weighted by Gasteiger charge is -2.10. The second-order valence-electron chi connectivity index (χ2n) is 9.16. The Morgan fingerprint density at radius 1 is 0.900 bits per heavy atom. The third kappa shape index (κ3) is 6.71. The quantitative estimate of drug-likeness (QED) is 0.135. The Bertz CT molecular complexity index is 1600. The van der Waals surface area contributed by atoms with E-state index in [9.17, 15) is 4.79 Å². The molecule has 202 valence electrons. The zero-order valence-electron chi connectivity index (χ0n) is 22.1. The number of carbonyl (C=O) groups is 1. The van der Waals surface area contributed by atoms with Crippen molar-refractivity contribution in [2.24, 2.45) is 5.10 Å². The number of hydrogen-bond acceptors (Lipinski definition) is 5. The van der Waals surface area contributed by atoms with Crippen LogP contribution in [0.25, 0.3) is 5.69 Å². The second kappa shape index (κ2) is 12.5. The molecular weight excluding hydrogens is 570 g/mol. The van der Waals surface area contributed by atoms with Gasteiger partial charge >= 0.3 is 5.91 Å². The largest absolute Gasteiger partial charge is 0.488 e. The lowest BCUT2D eigenvalue weighted by molar-refractivity contribution is 0.0923. The van der Waals surface area contributed by atoms with Gasteiger partial charge in [0.25, 0.3) is 0 Å². The monoisotopic (exact) mass is 597 g/mol. The molecule has 0 aliphatic rings. The van der Waals surface area contributed by atoms with Gasteiger partial charge in [0.15, 0.2) is 5.76 Å². The molecule has 7 nitrogen and oxygen atoms in total. The van der Waals surface area contributed by atoms with Gasteiger partial charge in [-0.3, -0.25) is 4.79 Å². The Morgan fingerprint density at radius 2 is 1.65 bits per heavy atom. The molecule has 1 amide bonds. The van der Waals surface area contributed by atoms with Crippen LogP contribution in [-0.2, 0) is 13.2 Å². The number of ether oxygens (including phenoxy) is 2. The van der Waals surface area contributed by atoms with E-state index in [-0.39, 0.29) is 12.4 Å². The molecule has 0 radical (unpaired) electrons. The van der Waals surface area contributed by atoms with Crippen molar-refractivity contribution in [3.63, 3.8) is 0 Å². The van der Waals surface area contributed by atoms with Gasteiger partial charge in [-0.2, -0.15) is 5.10 Å². The molecule has 8 heteroatoms. The van der Waals surface area contributed by atoms with E-state index in [0.717, 1.165) is 15.7 Å². The van der Waals surface area contributed by atoms with Crippen molar-refractivity contribution in [3.05, 3.63) is 136 Å². The van der Waals surface area contributed by atoms with Crippen molar-refractivity contribution < 1.29 is 18.7 Å². The van der Waals surface area contributed by atoms with Crippen molar-refractivity contribution in [2.75, 3.05) is 0 Å². The zero-order chi connectivity index (χ0) is 27.9. The molecule has 5 rings (SSSR count).